The molecular weight excluding hydrogens is 408 g/mol. The van der Waals surface area contributed by atoms with Crippen molar-refractivity contribution >= 4 is 23.5 Å². The van der Waals surface area contributed by atoms with Crippen LogP contribution < -0.4 is 9.64 Å². The number of nitrogens with zero attached hydrogens (tertiary/aromatic N) is 2. The highest BCUT2D eigenvalue weighted by Crippen LogP contribution is 2.32. The molecule has 2 aliphatic rings. The average Bonchev–Trinajstić information content (AvgIpc) is 3.13. The van der Waals surface area contributed by atoms with Crippen LogP contribution in [0.15, 0.2) is 60.3 Å². The smallest absolute Gasteiger partial charge is 0.338 e. The molecular formula is C25H26N2O5. The third-order valence-corrected chi connectivity index (χ3v) is 5.89. The lowest BCUT2D eigenvalue weighted by Crippen LogP contribution is -2.39. The number of benzene rings is 2. The van der Waals surface area contributed by atoms with Crippen LogP contribution in [0.3, 0.4) is 0 Å². The van der Waals surface area contributed by atoms with E-state index in [1.54, 1.807) is 38.3 Å². The summed E-state index contributed by atoms with van der Waals surface area (Å²) in [6.07, 6.45) is 3.37. The molecule has 0 aliphatic carbocycles. The van der Waals surface area contributed by atoms with E-state index in [4.69, 9.17) is 9.47 Å². The molecule has 4 rings (SSSR count). The Balaban J connectivity index is 1.48. The molecule has 1 saturated heterocycles. The van der Waals surface area contributed by atoms with Crippen LogP contribution in [0, 0.1) is 0 Å². The largest absolute Gasteiger partial charge is 0.497 e. The molecule has 7 nitrogen and oxygen atoms in total. The number of amides is 2. The van der Waals surface area contributed by atoms with Gasteiger partial charge in [0, 0.05) is 25.1 Å². The Morgan fingerprint density at radius 2 is 1.78 bits per heavy atom. The lowest BCUT2D eigenvalue weighted by Gasteiger charge is -2.35. The fraction of sp³-hybridized carbons (Fsp3) is 0.320. The zero-order valence-electron chi connectivity index (χ0n) is 18.2. The zero-order chi connectivity index (χ0) is 22.7. The summed E-state index contributed by atoms with van der Waals surface area (Å²) < 4.78 is 10.2. The summed E-state index contributed by atoms with van der Waals surface area (Å²) in [6, 6.07) is 14.3. The molecule has 2 amide bonds. The second kappa shape index (κ2) is 9.26. The number of esters is 1. The van der Waals surface area contributed by atoms with E-state index in [9.17, 15) is 14.4 Å². The van der Waals surface area contributed by atoms with Gasteiger partial charge in [0.2, 0.25) is 0 Å². The topological polar surface area (TPSA) is 76.2 Å². The lowest BCUT2D eigenvalue weighted by molar-refractivity contribution is -0.121. The van der Waals surface area contributed by atoms with Gasteiger partial charge in [-0.15, -0.1) is 0 Å². The summed E-state index contributed by atoms with van der Waals surface area (Å²) in [6.45, 7) is 3.42. The standard InChI is InChI=1S/C25H26N2O5/c1-3-32-25(30)18-6-10-20(11-7-18)27-23(28)15-22(24(27)29)26-14-4-5-19(16-26)17-8-12-21(31-2)13-9-17/h6-13,15,19H,3-5,14,16H2,1-2H3/t19-/m1/s1. The van der Waals surface area contributed by atoms with Crippen LogP contribution in [-0.2, 0) is 14.3 Å². The molecule has 2 aromatic rings. The number of carbonyl (C=O) groups is 3. The van der Waals surface area contributed by atoms with Gasteiger partial charge in [-0.25, -0.2) is 9.69 Å². The molecule has 0 bridgehead atoms. The first-order chi connectivity index (χ1) is 15.5. The third kappa shape index (κ3) is 4.23. The highest BCUT2D eigenvalue weighted by Gasteiger charge is 2.37. The molecule has 0 spiro atoms. The zero-order valence-corrected chi connectivity index (χ0v) is 18.2. The van der Waals surface area contributed by atoms with Crippen molar-refractivity contribution in [2.75, 3.05) is 31.7 Å². The second-order valence-corrected chi connectivity index (χ2v) is 7.83. The molecule has 166 valence electrons. The highest BCUT2D eigenvalue weighted by molar-refractivity contribution is 6.30. The summed E-state index contributed by atoms with van der Waals surface area (Å²) in [4.78, 5) is 40.8. The van der Waals surface area contributed by atoms with Crippen molar-refractivity contribution in [1.82, 2.24) is 4.90 Å². The van der Waals surface area contributed by atoms with Crippen molar-refractivity contribution in [1.29, 1.82) is 0 Å². The average molecular weight is 434 g/mol. The Kier molecular flexibility index (Phi) is 6.25. The van der Waals surface area contributed by atoms with Crippen LogP contribution in [0.25, 0.3) is 0 Å². The summed E-state index contributed by atoms with van der Waals surface area (Å²) in [5, 5.41) is 0. The molecule has 0 aromatic heterocycles. The van der Waals surface area contributed by atoms with E-state index in [1.165, 1.54) is 11.6 Å². The third-order valence-electron chi connectivity index (χ3n) is 5.89. The van der Waals surface area contributed by atoms with Crippen molar-refractivity contribution in [3.8, 4) is 5.75 Å². The minimum absolute atomic E-state index is 0.274. The number of hydrogen-bond acceptors (Lipinski definition) is 6. The maximum Gasteiger partial charge on any atom is 0.338 e. The van der Waals surface area contributed by atoms with E-state index >= 15 is 0 Å². The number of anilines is 1. The van der Waals surface area contributed by atoms with Crippen molar-refractivity contribution in [3.63, 3.8) is 0 Å². The minimum atomic E-state index is -0.435. The lowest BCUT2D eigenvalue weighted by atomic mass is 9.90. The van der Waals surface area contributed by atoms with Gasteiger partial charge < -0.3 is 14.4 Å². The van der Waals surface area contributed by atoms with Gasteiger partial charge in [0.15, 0.2) is 0 Å². The number of hydrogen-bond donors (Lipinski definition) is 0. The predicted molar refractivity (Wildman–Crippen MR) is 120 cm³/mol. The summed E-state index contributed by atoms with van der Waals surface area (Å²) in [5.74, 6) is -0.0637. The molecule has 32 heavy (non-hydrogen) atoms. The van der Waals surface area contributed by atoms with Crippen LogP contribution in [0.5, 0.6) is 5.75 Å². The molecule has 0 radical (unpaired) electrons. The van der Waals surface area contributed by atoms with Crippen molar-refractivity contribution < 1.29 is 23.9 Å². The molecule has 2 heterocycles. The van der Waals surface area contributed by atoms with Crippen molar-refractivity contribution in [2.24, 2.45) is 0 Å². The molecule has 1 atom stereocenters. The van der Waals surface area contributed by atoms with Crippen LogP contribution in [0.1, 0.15) is 41.6 Å². The van der Waals surface area contributed by atoms with Gasteiger partial charge in [0.1, 0.15) is 11.4 Å². The number of carbonyl (C=O) groups excluding carboxylic acids is 3. The summed E-state index contributed by atoms with van der Waals surface area (Å²) >= 11 is 0. The van der Waals surface area contributed by atoms with Gasteiger partial charge in [-0.05, 0) is 61.7 Å². The van der Waals surface area contributed by atoms with E-state index < -0.39 is 5.97 Å². The number of likely N-dealkylation sites (tertiary alicyclic amines) is 1. The molecule has 0 unspecified atom stereocenters. The van der Waals surface area contributed by atoms with Gasteiger partial charge in [-0.2, -0.15) is 0 Å². The number of imide groups is 1. The van der Waals surface area contributed by atoms with E-state index in [1.807, 2.05) is 17.0 Å². The molecule has 0 saturated carbocycles. The van der Waals surface area contributed by atoms with Crippen molar-refractivity contribution in [3.05, 3.63) is 71.4 Å². The molecule has 0 N–H and O–H groups in total. The Labute approximate surface area is 187 Å². The maximum absolute atomic E-state index is 13.2. The fourth-order valence-corrected chi connectivity index (χ4v) is 4.23. The Morgan fingerprint density at radius 3 is 2.44 bits per heavy atom. The maximum atomic E-state index is 13.2. The predicted octanol–water partition coefficient (Wildman–Crippen LogP) is 3.51. The van der Waals surface area contributed by atoms with E-state index in [0.717, 1.165) is 30.0 Å². The number of piperidine rings is 1. The van der Waals surface area contributed by atoms with Gasteiger partial charge in [-0.3, -0.25) is 9.59 Å². The molecule has 1 fully saturated rings. The molecule has 2 aliphatic heterocycles. The fourth-order valence-electron chi connectivity index (χ4n) is 4.23. The van der Waals surface area contributed by atoms with E-state index in [2.05, 4.69) is 12.1 Å². The Bertz CT molecular complexity index is 1040. The van der Waals surface area contributed by atoms with Crippen LogP contribution in [0.2, 0.25) is 0 Å². The SMILES string of the molecule is CCOC(=O)c1ccc(N2C(=O)C=C(N3CCC[C@@H](c4ccc(OC)cc4)C3)C2=O)cc1. The second-order valence-electron chi connectivity index (χ2n) is 7.83. The van der Waals surface area contributed by atoms with Gasteiger partial charge in [0.05, 0.1) is 25.0 Å². The first-order valence-electron chi connectivity index (χ1n) is 10.8. The van der Waals surface area contributed by atoms with Gasteiger partial charge in [0.25, 0.3) is 11.8 Å². The van der Waals surface area contributed by atoms with Crippen LogP contribution in [0.4, 0.5) is 5.69 Å². The number of methoxy groups -OCH3 is 1. The van der Waals surface area contributed by atoms with E-state index in [-0.39, 0.29) is 24.3 Å². The summed E-state index contributed by atoms with van der Waals surface area (Å²) in [5.41, 5.74) is 2.42. The van der Waals surface area contributed by atoms with Crippen molar-refractivity contribution in [2.45, 2.75) is 25.7 Å². The monoisotopic (exact) mass is 434 g/mol. The first-order valence-corrected chi connectivity index (χ1v) is 10.8. The number of ether oxygens (including phenoxy) is 2. The molecule has 7 heteroatoms. The summed E-state index contributed by atoms with van der Waals surface area (Å²) in [7, 11) is 1.64. The van der Waals surface area contributed by atoms with Gasteiger partial charge >= 0.3 is 5.97 Å². The van der Waals surface area contributed by atoms with E-state index in [0.29, 0.717) is 23.5 Å². The highest BCUT2D eigenvalue weighted by atomic mass is 16.5. The van der Waals surface area contributed by atoms with Gasteiger partial charge in [-0.1, -0.05) is 12.1 Å². The number of rotatable bonds is 6. The quantitative estimate of drug-likeness (QED) is 0.512. The minimum Gasteiger partial charge on any atom is -0.497 e. The normalized spacial score (nSPS) is 18.6. The molecule has 2 aromatic carbocycles. The van der Waals surface area contributed by atoms with Crippen LogP contribution >= 0.6 is 0 Å². The van der Waals surface area contributed by atoms with Crippen LogP contribution in [-0.4, -0.2) is 49.5 Å². The Hall–Kier alpha value is -3.61. The Morgan fingerprint density at radius 1 is 1.06 bits per heavy atom. The first kappa shape index (κ1) is 21.6.